The van der Waals surface area contributed by atoms with Gasteiger partial charge < -0.3 is 15.4 Å². The molecule has 5 heteroatoms. The summed E-state index contributed by atoms with van der Waals surface area (Å²) in [7, 11) is 1.54. The highest BCUT2D eigenvalue weighted by Crippen LogP contribution is 2.23. The summed E-state index contributed by atoms with van der Waals surface area (Å²) >= 11 is 5.89. The highest BCUT2D eigenvalue weighted by Gasteiger charge is 2.18. The Morgan fingerprint density at radius 3 is 3.11 bits per heavy atom. The van der Waals surface area contributed by atoms with Gasteiger partial charge in [0.25, 0.3) is 5.91 Å². The first-order chi connectivity index (χ1) is 9.20. The summed E-state index contributed by atoms with van der Waals surface area (Å²) in [6, 6.07) is 5.22. The molecule has 0 aliphatic carbocycles. The first kappa shape index (κ1) is 14.2. The lowest BCUT2D eigenvalue weighted by Crippen LogP contribution is -2.40. The molecule has 0 saturated carbocycles. The molecule has 1 aliphatic rings. The molecule has 104 valence electrons. The minimum Gasteiger partial charge on any atom is -0.496 e. The monoisotopic (exact) mass is 282 g/mol. The third-order valence-corrected chi connectivity index (χ3v) is 3.53. The topological polar surface area (TPSA) is 50.4 Å². The lowest BCUT2D eigenvalue weighted by Gasteiger charge is -2.17. The minimum absolute atomic E-state index is 0.109. The number of ether oxygens (including phenoxy) is 1. The van der Waals surface area contributed by atoms with E-state index >= 15 is 0 Å². The van der Waals surface area contributed by atoms with E-state index in [1.807, 2.05) is 0 Å². The zero-order valence-electron chi connectivity index (χ0n) is 11.0. The Balaban J connectivity index is 2.06. The third kappa shape index (κ3) is 3.85. The Morgan fingerprint density at radius 1 is 1.47 bits per heavy atom. The van der Waals surface area contributed by atoms with E-state index in [0.717, 1.165) is 32.4 Å². The molecule has 0 spiro atoms. The maximum absolute atomic E-state index is 12.3. The summed E-state index contributed by atoms with van der Waals surface area (Å²) in [5, 5.41) is 6.93. The van der Waals surface area contributed by atoms with Gasteiger partial charge in [-0.15, -0.1) is 0 Å². The fourth-order valence-electron chi connectivity index (χ4n) is 2.26. The van der Waals surface area contributed by atoms with Gasteiger partial charge in [-0.05, 0) is 37.6 Å². The zero-order chi connectivity index (χ0) is 13.7. The van der Waals surface area contributed by atoms with Gasteiger partial charge in [-0.3, -0.25) is 4.79 Å². The summed E-state index contributed by atoms with van der Waals surface area (Å²) < 4.78 is 5.20. The maximum atomic E-state index is 12.3. The standard InChI is InChI=1S/C14H19ClN2O2/c1-19-13-8-10(15)5-6-12(13)14(18)17-11-4-2-3-7-16-9-11/h5-6,8,11,16H,2-4,7,9H2,1H3,(H,17,18). The van der Waals surface area contributed by atoms with Crippen LogP contribution in [0.5, 0.6) is 5.75 Å². The van der Waals surface area contributed by atoms with E-state index in [0.29, 0.717) is 16.3 Å². The lowest BCUT2D eigenvalue weighted by molar-refractivity contribution is 0.0932. The molecule has 1 amide bonds. The van der Waals surface area contributed by atoms with Gasteiger partial charge >= 0.3 is 0 Å². The summed E-state index contributed by atoms with van der Waals surface area (Å²) in [5.74, 6) is 0.397. The van der Waals surface area contributed by atoms with Crippen LogP contribution in [0, 0.1) is 0 Å². The van der Waals surface area contributed by atoms with E-state index in [2.05, 4.69) is 10.6 Å². The van der Waals surface area contributed by atoms with Gasteiger partial charge in [0.2, 0.25) is 0 Å². The molecule has 2 N–H and O–H groups in total. The molecule has 1 heterocycles. The first-order valence-electron chi connectivity index (χ1n) is 6.56. The molecule has 19 heavy (non-hydrogen) atoms. The van der Waals surface area contributed by atoms with Crippen LogP contribution >= 0.6 is 11.6 Å². The zero-order valence-corrected chi connectivity index (χ0v) is 11.8. The quantitative estimate of drug-likeness (QED) is 0.894. The van der Waals surface area contributed by atoms with E-state index in [1.54, 1.807) is 18.2 Å². The van der Waals surface area contributed by atoms with Gasteiger partial charge in [0.15, 0.2) is 0 Å². The predicted molar refractivity (Wildman–Crippen MR) is 76.0 cm³/mol. The molecule has 2 rings (SSSR count). The average Bonchev–Trinajstić information content (AvgIpc) is 2.67. The number of benzene rings is 1. The average molecular weight is 283 g/mol. The van der Waals surface area contributed by atoms with Crippen molar-refractivity contribution < 1.29 is 9.53 Å². The van der Waals surface area contributed by atoms with Crippen LogP contribution in [0.1, 0.15) is 29.6 Å². The van der Waals surface area contributed by atoms with E-state index in [9.17, 15) is 4.79 Å². The third-order valence-electron chi connectivity index (χ3n) is 3.29. The lowest BCUT2D eigenvalue weighted by atomic mass is 10.1. The van der Waals surface area contributed by atoms with Crippen LogP contribution in [-0.2, 0) is 0 Å². The van der Waals surface area contributed by atoms with Crippen molar-refractivity contribution in [3.8, 4) is 5.75 Å². The minimum atomic E-state index is -0.109. The van der Waals surface area contributed by atoms with E-state index in [4.69, 9.17) is 16.3 Å². The molecule has 1 aliphatic heterocycles. The number of carbonyl (C=O) groups excluding carboxylic acids is 1. The van der Waals surface area contributed by atoms with Gasteiger partial charge in [0, 0.05) is 17.6 Å². The highest BCUT2D eigenvalue weighted by atomic mass is 35.5. The Bertz CT molecular complexity index is 443. The largest absolute Gasteiger partial charge is 0.496 e. The van der Waals surface area contributed by atoms with Crippen molar-refractivity contribution in [2.24, 2.45) is 0 Å². The van der Waals surface area contributed by atoms with Crippen LogP contribution < -0.4 is 15.4 Å². The number of halogens is 1. The van der Waals surface area contributed by atoms with Crippen molar-refractivity contribution in [3.05, 3.63) is 28.8 Å². The van der Waals surface area contributed by atoms with Crippen molar-refractivity contribution in [2.75, 3.05) is 20.2 Å². The van der Waals surface area contributed by atoms with Gasteiger partial charge in [-0.1, -0.05) is 18.0 Å². The smallest absolute Gasteiger partial charge is 0.255 e. The van der Waals surface area contributed by atoms with E-state index < -0.39 is 0 Å². The molecule has 1 aromatic rings. The first-order valence-corrected chi connectivity index (χ1v) is 6.93. The molecule has 4 nitrogen and oxygen atoms in total. The number of rotatable bonds is 3. The Kier molecular flexibility index (Phi) is 5.05. The number of hydrogen-bond donors (Lipinski definition) is 2. The molecule has 1 fully saturated rings. The van der Waals surface area contributed by atoms with Crippen molar-refractivity contribution in [1.82, 2.24) is 10.6 Å². The number of carbonyl (C=O) groups is 1. The van der Waals surface area contributed by atoms with Crippen molar-refractivity contribution in [1.29, 1.82) is 0 Å². The maximum Gasteiger partial charge on any atom is 0.255 e. The fraction of sp³-hybridized carbons (Fsp3) is 0.500. The molecule has 1 unspecified atom stereocenters. The van der Waals surface area contributed by atoms with Crippen LogP contribution in [0.2, 0.25) is 5.02 Å². The molecule has 0 radical (unpaired) electrons. The second-order valence-electron chi connectivity index (χ2n) is 4.71. The number of methoxy groups -OCH3 is 1. The Morgan fingerprint density at radius 2 is 2.32 bits per heavy atom. The molecule has 1 atom stereocenters. The molecular formula is C14H19ClN2O2. The van der Waals surface area contributed by atoms with Gasteiger partial charge in [-0.25, -0.2) is 0 Å². The summed E-state index contributed by atoms with van der Waals surface area (Å²) in [5.41, 5.74) is 0.524. The van der Waals surface area contributed by atoms with Crippen LogP contribution in [0.15, 0.2) is 18.2 Å². The summed E-state index contributed by atoms with van der Waals surface area (Å²) in [6.07, 6.45) is 3.31. The molecule has 1 aromatic carbocycles. The van der Waals surface area contributed by atoms with Crippen LogP contribution in [0.25, 0.3) is 0 Å². The summed E-state index contributed by atoms with van der Waals surface area (Å²) in [6.45, 7) is 1.85. The fourth-order valence-corrected chi connectivity index (χ4v) is 2.42. The molecule has 0 aromatic heterocycles. The number of nitrogens with one attached hydrogen (secondary N) is 2. The highest BCUT2D eigenvalue weighted by molar-refractivity contribution is 6.30. The Hall–Kier alpha value is -1.26. The van der Waals surface area contributed by atoms with E-state index in [1.165, 1.54) is 7.11 Å². The predicted octanol–water partition coefficient (Wildman–Crippen LogP) is 2.22. The van der Waals surface area contributed by atoms with Gasteiger partial charge in [0.1, 0.15) is 5.75 Å². The van der Waals surface area contributed by atoms with Crippen molar-refractivity contribution >= 4 is 17.5 Å². The second kappa shape index (κ2) is 6.78. The molecule has 0 bridgehead atoms. The van der Waals surface area contributed by atoms with E-state index in [-0.39, 0.29) is 11.9 Å². The summed E-state index contributed by atoms with van der Waals surface area (Å²) in [4.78, 5) is 12.3. The molecular weight excluding hydrogens is 264 g/mol. The number of amides is 1. The van der Waals surface area contributed by atoms with Crippen LogP contribution in [0.3, 0.4) is 0 Å². The van der Waals surface area contributed by atoms with Crippen LogP contribution in [-0.4, -0.2) is 32.1 Å². The normalized spacial score (nSPS) is 19.6. The molecule has 1 saturated heterocycles. The van der Waals surface area contributed by atoms with Crippen molar-refractivity contribution in [2.45, 2.75) is 25.3 Å². The van der Waals surface area contributed by atoms with Crippen LogP contribution in [0.4, 0.5) is 0 Å². The van der Waals surface area contributed by atoms with Gasteiger partial charge in [0.05, 0.1) is 12.7 Å². The SMILES string of the molecule is COc1cc(Cl)ccc1C(=O)NC1CCCCNC1. The van der Waals surface area contributed by atoms with Crippen molar-refractivity contribution in [3.63, 3.8) is 0 Å². The number of hydrogen-bond acceptors (Lipinski definition) is 3. The Labute approximate surface area is 118 Å². The second-order valence-corrected chi connectivity index (χ2v) is 5.15. The van der Waals surface area contributed by atoms with Gasteiger partial charge in [-0.2, -0.15) is 0 Å².